The molecule has 2 fully saturated rings. The van der Waals surface area contributed by atoms with Crippen molar-refractivity contribution in [3.8, 4) is 0 Å². The minimum absolute atomic E-state index is 0.231. The van der Waals surface area contributed by atoms with Crippen molar-refractivity contribution in [3.05, 3.63) is 66.4 Å². The smallest absolute Gasteiger partial charge is 0.407 e. The number of carbonyl (C=O) groups is 1. The van der Waals surface area contributed by atoms with E-state index in [1.54, 1.807) is 30.5 Å². The number of likely N-dealkylation sites (tertiary alicyclic amines) is 1. The average molecular weight is 542 g/mol. The zero-order chi connectivity index (χ0) is 27.3. The molecule has 206 valence electrons. The Morgan fingerprint density at radius 3 is 2.50 bits per heavy atom. The van der Waals surface area contributed by atoms with Gasteiger partial charge >= 0.3 is 6.09 Å². The maximum absolute atomic E-state index is 12.9. The number of ether oxygens (including phenoxy) is 1. The van der Waals surface area contributed by atoms with Crippen molar-refractivity contribution in [2.24, 2.45) is 5.73 Å². The zero-order valence-electron chi connectivity index (χ0n) is 22.4. The van der Waals surface area contributed by atoms with Crippen LogP contribution in [0.25, 0.3) is 10.9 Å². The molecule has 0 saturated carbocycles. The molecule has 0 aliphatic carbocycles. The Balaban J connectivity index is 0.000000219. The van der Waals surface area contributed by atoms with Crippen molar-refractivity contribution >= 4 is 27.0 Å². The lowest BCUT2D eigenvalue weighted by Crippen LogP contribution is -2.40. The van der Waals surface area contributed by atoms with Gasteiger partial charge in [-0.15, -0.1) is 0 Å². The summed E-state index contributed by atoms with van der Waals surface area (Å²) in [5.41, 5.74) is 7.43. The van der Waals surface area contributed by atoms with Crippen molar-refractivity contribution < 1.29 is 17.9 Å². The second-order valence-electron chi connectivity index (χ2n) is 10.9. The Kier molecular flexibility index (Phi) is 8.77. The highest BCUT2D eigenvalue weighted by Crippen LogP contribution is 2.26. The third kappa shape index (κ3) is 7.13. The lowest BCUT2D eigenvalue weighted by molar-refractivity contribution is 0.0508. The highest BCUT2D eigenvalue weighted by Gasteiger charge is 2.23. The molecular formula is C28H39N5O4S. The lowest BCUT2D eigenvalue weighted by Gasteiger charge is -2.21. The van der Waals surface area contributed by atoms with Crippen molar-refractivity contribution in [1.82, 2.24) is 19.5 Å². The number of fused-ring (bicyclic) bond motifs is 1. The molecule has 1 aromatic heterocycles. The number of nitrogens with two attached hydrogens (primary N) is 1. The van der Waals surface area contributed by atoms with Gasteiger partial charge in [-0.25, -0.2) is 17.2 Å². The van der Waals surface area contributed by atoms with Crippen LogP contribution in [0.4, 0.5) is 4.79 Å². The van der Waals surface area contributed by atoms with Gasteiger partial charge in [-0.1, -0.05) is 30.3 Å². The topological polar surface area (TPSA) is 119 Å². The molecule has 0 bridgehead atoms. The molecule has 5 rings (SSSR count). The van der Waals surface area contributed by atoms with Crippen LogP contribution in [0.5, 0.6) is 0 Å². The molecular weight excluding hydrogens is 502 g/mol. The first-order valence-electron chi connectivity index (χ1n) is 13.1. The van der Waals surface area contributed by atoms with Crippen LogP contribution in [0, 0.1) is 0 Å². The zero-order valence-corrected chi connectivity index (χ0v) is 23.2. The maximum atomic E-state index is 12.9. The van der Waals surface area contributed by atoms with E-state index in [0.717, 1.165) is 56.5 Å². The second kappa shape index (κ2) is 11.9. The number of carbonyl (C=O) groups excluding carboxylic acids is 1. The third-order valence-electron chi connectivity index (χ3n) is 6.57. The van der Waals surface area contributed by atoms with E-state index in [4.69, 9.17) is 10.5 Å². The fourth-order valence-electron chi connectivity index (χ4n) is 4.76. The van der Waals surface area contributed by atoms with Gasteiger partial charge in [0, 0.05) is 49.8 Å². The number of amides is 1. The molecule has 1 amide bonds. The molecule has 10 heteroatoms. The Morgan fingerprint density at radius 1 is 1.11 bits per heavy atom. The highest BCUT2D eigenvalue weighted by atomic mass is 32.2. The number of rotatable bonds is 5. The first-order valence-corrected chi connectivity index (χ1v) is 14.5. The lowest BCUT2D eigenvalue weighted by atomic mass is 10.1. The van der Waals surface area contributed by atoms with Crippen LogP contribution >= 0.6 is 0 Å². The molecule has 2 saturated heterocycles. The first kappa shape index (κ1) is 28.1. The van der Waals surface area contributed by atoms with Gasteiger partial charge in [-0.2, -0.15) is 0 Å². The molecule has 2 aliphatic rings. The highest BCUT2D eigenvalue weighted by molar-refractivity contribution is 7.90. The van der Waals surface area contributed by atoms with Crippen molar-refractivity contribution in [2.45, 2.75) is 62.7 Å². The Bertz CT molecular complexity index is 1330. The summed E-state index contributed by atoms with van der Waals surface area (Å²) >= 11 is 0. The Morgan fingerprint density at radius 2 is 1.87 bits per heavy atom. The average Bonchev–Trinajstić information content (AvgIpc) is 3.61. The van der Waals surface area contributed by atoms with Crippen molar-refractivity contribution in [2.75, 3.05) is 26.2 Å². The number of nitrogens with one attached hydrogen (secondary N) is 2. The van der Waals surface area contributed by atoms with Gasteiger partial charge in [-0.3, -0.25) is 4.90 Å². The summed E-state index contributed by atoms with van der Waals surface area (Å²) in [6, 6.07) is 16.7. The minimum atomic E-state index is -3.59. The number of benzene rings is 2. The number of aromatic nitrogens is 1. The van der Waals surface area contributed by atoms with E-state index in [1.165, 1.54) is 3.97 Å². The molecule has 0 radical (unpaired) electrons. The minimum Gasteiger partial charge on any atom is -0.444 e. The maximum Gasteiger partial charge on any atom is 0.407 e. The molecule has 38 heavy (non-hydrogen) atoms. The molecule has 2 atom stereocenters. The van der Waals surface area contributed by atoms with Gasteiger partial charge in [0.2, 0.25) is 0 Å². The van der Waals surface area contributed by atoms with Crippen molar-refractivity contribution in [1.29, 1.82) is 0 Å². The third-order valence-corrected chi connectivity index (χ3v) is 8.28. The van der Waals surface area contributed by atoms with Gasteiger partial charge < -0.3 is 21.1 Å². The molecule has 2 aromatic carbocycles. The van der Waals surface area contributed by atoms with Gasteiger partial charge in [0.1, 0.15) is 5.60 Å². The summed E-state index contributed by atoms with van der Waals surface area (Å²) in [7, 11) is -3.59. The monoisotopic (exact) mass is 541 g/mol. The summed E-state index contributed by atoms with van der Waals surface area (Å²) in [6.07, 6.45) is 3.33. The van der Waals surface area contributed by atoms with Gasteiger partial charge in [-0.05, 0) is 70.0 Å². The standard InChI is InChI=1S/C19H21N3O2S.C9H18N2O2/c20-16-9-11-21(14-16)13-15-5-4-8-19-18(15)10-12-22(19)25(23,24)17-6-2-1-3-7-17;1-9(2,3)13-8(12)11-7-4-5-10-6-7/h1-8,10,12,16H,9,11,13-14,20H2;7,10H,4-6H2,1-3H3,(H,11,12). The van der Waals surface area contributed by atoms with Gasteiger partial charge in [0.25, 0.3) is 10.0 Å². The molecule has 2 aliphatic heterocycles. The largest absolute Gasteiger partial charge is 0.444 e. The predicted octanol–water partition coefficient (Wildman–Crippen LogP) is 3.28. The van der Waals surface area contributed by atoms with Crippen LogP contribution in [-0.4, -0.2) is 67.2 Å². The molecule has 0 spiro atoms. The van der Waals surface area contributed by atoms with E-state index in [0.29, 0.717) is 10.4 Å². The predicted molar refractivity (Wildman–Crippen MR) is 149 cm³/mol. The number of alkyl carbamates (subject to hydrolysis) is 1. The quantitative estimate of drug-likeness (QED) is 0.454. The summed E-state index contributed by atoms with van der Waals surface area (Å²) in [4.78, 5) is 13.9. The van der Waals surface area contributed by atoms with Crippen LogP contribution in [0.3, 0.4) is 0 Å². The van der Waals surface area contributed by atoms with Crippen LogP contribution in [0.2, 0.25) is 0 Å². The molecule has 9 nitrogen and oxygen atoms in total. The summed E-state index contributed by atoms with van der Waals surface area (Å²) in [5.74, 6) is 0. The van der Waals surface area contributed by atoms with E-state index in [2.05, 4.69) is 21.6 Å². The van der Waals surface area contributed by atoms with Crippen LogP contribution in [0.15, 0.2) is 65.7 Å². The van der Waals surface area contributed by atoms with Gasteiger partial charge in [0.15, 0.2) is 0 Å². The molecule has 3 aromatic rings. The summed E-state index contributed by atoms with van der Waals surface area (Å²) < 4.78 is 32.4. The summed E-state index contributed by atoms with van der Waals surface area (Å²) in [6.45, 7) is 10.1. The number of hydrogen-bond donors (Lipinski definition) is 3. The Labute approximate surface area is 225 Å². The van der Waals surface area contributed by atoms with Crippen LogP contribution in [-0.2, 0) is 21.3 Å². The van der Waals surface area contributed by atoms with E-state index >= 15 is 0 Å². The second-order valence-corrected chi connectivity index (χ2v) is 12.7. The fourth-order valence-corrected chi connectivity index (χ4v) is 6.13. The van der Waals surface area contributed by atoms with Gasteiger partial charge in [0.05, 0.1) is 10.4 Å². The van der Waals surface area contributed by atoms with E-state index < -0.39 is 15.6 Å². The SMILES string of the molecule is CC(C)(C)OC(=O)NC1CCNC1.NC1CCN(Cc2cccc3c2ccn3S(=O)(=O)c2ccccc2)C1. The van der Waals surface area contributed by atoms with E-state index in [9.17, 15) is 13.2 Å². The first-order chi connectivity index (χ1) is 18.0. The van der Waals surface area contributed by atoms with E-state index in [1.807, 2.05) is 45.0 Å². The normalized spacial score (nSPS) is 20.2. The molecule has 4 N–H and O–H groups in total. The number of hydrogen-bond acceptors (Lipinski definition) is 7. The van der Waals surface area contributed by atoms with Crippen molar-refractivity contribution in [3.63, 3.8) is 0 Å². The van der Waals surface area contributed by atoms with Crippen LogP contribution in [0.1, 0.15) is 39.2 Å². The molecule has 3 heterocycles. The van der Waals surface area contributed by atoms with E-state index in [-0.39, 0.29) is 18.2 Å². The molecule has 2 unspecified atom stereocenters. The summed E-state index contributed by atoms with van der Waals surface area (Å²) in [5, 5.41) is 6.96. The van der Waals surface area contributed by atoms with Crippen LogP contribution < -0.4 is 16.4 Å². The number of nitrogens with zero attached hydrogens (tertiary/aromatic N) is 2. The Hall–Kier alpha value is -2.92. The fraction of sp³-hybridized carbons (Fsp3) is 0.464.